The maximum atomic E-state index is 12.2. The highest BCUT2D eigenvalue weighted by atomic mass is 16.2. The number of benzene rings is 2. The second-order valence-electron chi connectivity index (χ2n) is 4.60. The normalized spacial score (nSPS) is 14.7. The number of imide groups is 1. The Morgan fingerprint density at radius 2 is 1.68 bits per heavy atom. The van der Waals surface area contributed by atoms with Crippen molar-refractivity contribution in [3.63, 3.8) is 0 Å². The summed E-state index contributed by atoms with van der Waals surface area (Å²) in [6.45, 7) is 1.94. The number of rotatable bonds is 1. The van der Waals surface area contributed by atoms with Crippen LogP contribution in [0.15, 0.2) is 36.4 Å². The first kappa shape index (κ1) is 11.7. The van der Waals surface area contributed by atoms with Crippen molar-refractivity contribution in [1.29, 1.82) is 0 Å². The molecule has 3 rings (SSSR count). The third-order valence-electron chi connectivity index (χ3n) is 3.49. The smallest absolute Gasteiger partial charge is 0.261 e. The lowest BCUT2D eigenvalue weighted by Gasteiger charge is -2.24. The van der Waals surface area contributed by atoms with Gasteiger partial charge in [-0.25, -0.2) is 0 Å². The van der Waals surface area contributed by atoms with Crippen molar-refractivity contribution in [1.82, 2.24) is 4.90 Å². The van der Waals surface area contributed by atoms with E-state index in [1.165, 1.54) is 11.9 Å². The standard InChI is InChI=1S/C16H13NO2/c1-3-5-10-8-9-13-14-11(10)6-4-7-12(14)15(18)17(2)16(13)19/h3-9H,1-2H3/b5-3+. The summed E-state index contributed by atoms with van der Waals surface area (Å²) in [5.74, 6) is -0.471. The third-order valence-corrected chi connectivity index (χ3v) is 3.49. The van der Waals surface area contributed by atoms with Crippen LogP contribution in [0.3, 0.4) is 0 Å². The third kappa shape index (κ3) is 1.51. The summed E-state index contributed by atoms with van der Waals surface area (Å²) in [4.78, 5) is 25.5. The molecule has 94 valence electrons. The topological polar surface area (TPSA) is 37.4 Å². The van der Waals surface area contributed by atoms with Gasteiger partial charge in [-0.05, 0) is 30.0 Å². The van der Waals surface area contributed by atoms with Crippen LogP contribution in [0.1, 0.15) is 33.2 Å². The molecule has 19 heavy (non-hydrogen) atoms. The van der Waals surface area contributed by atoms with Crippen LogP contribution in [-0.2, 0) is 0 Å². The molecule has 3 nitrogen and oxygen atoms in total. The minimum Gasteiger partial charge on any atom is -0.277 e. The maximum Gasteiger partial charge on any atom is 0.261 e. The van der Waals surface area contributed by atoms with Crippen molar-refractivity contribution in [2.24, 2.45) is 0 Å². The quantitative estimate of drug-likeness (QED) is 0.730. The first-order valence-corrected chi connectivity index (χ1v) is 6.16. The molecule has 0 aromatic heterocycles. The Morgan fingerprint density at radius 1 is 1.00 bits per heavy atom. The number of hydrogen-bond acceptors (Lipinski definition) is 2. The van der Waals surface area contributed by atoms with Gasteiger partial charge in [-0.15, -0.1) is 0 Å². The lowest BCUT2D eigenvalue weighted by molar-refractivity contribution is 0.0651. The van der Waals surface area contributed by atoms with E-state index in [-0.39, 0.29) is 11.8 Å². The molecule has 0 fully saturated rings. The van der Waals surface area contributed by atoms with E-state index >= 15 is 0 Å². The zero-order valence-corrected chi connectivity index (χ0v) is 10.8. The van der Waals surface area contributed by atoms with E-state index in [0.29, 0.717) is 11.1 Å². The predicted molar refractivity (Wildman–Crippen MR) is 75.1 cm³/mol. The molecule has 3 heteroatoms. The average molecular weight is 251 g/mol. The van der Waals surface area contributed by atoms with Crippen LogP contribution in [0.5, 0.6) is 0 Å². The number of hydrogen-bond donors (Lipinski definition) is 0. The fourth-order valence-corrected chi connectivity index (χ4v) is 2.56. The van der Waals surface area contributed by atoms with E-state index in [2.05, 4.69) is 0 Å². The van der Waals surface area contributed by atoms with Crippen LogP contribution in [0, 0.1) is 0 Å². The zero-order chi connectivity index (χ0) is 13.6. The molecule has 0 saturated heterocycles. The van der Waals surface area contributed by atoms with E-state index in [9.17, 15) is 9.59 Å². The Morgan fingerprint density at radius 3 is 2.37 bits per heavy atom. The van der Waals surface area contributed by atoms with E-state index in [0.717, 1.165) is 16.3 Å². The van der Waals surface area contributed by atoms with Gasteiger partial charge in [0.2, 0.25) is 0 Å². The first-order chi connectivity index (χ1) is 9.15. The van der Waals surface area contributed by atoms with Crippen molar-refractivity contribution in [2.45, 2.75) is 6.92 Å². The lowest BCUT2D eigenvalue weighted by Crippen LogP contribution is -2.36. The molecule has 1 heterocycles. The zero-order valence-electron chi connectivity index (χ0n) is 10.8. The Kier molecular flexibility index (Phi) is 2.49. The molecular weight excluding hydrogens is 238 g/mol. The number of allylic oxidation sites excluding steroid dienone is 1. The van der Waals surface area contributed by atoms with Crippen molar-refractivity contribution < 1.29 is 9.59 Å². The highest BCUT2D eigenvalue weighted by molar-refractivity contribution is 6.26. The summed E-state index contributed by atoms with van der Waals surface area (Å²) < 4.78 is 0. The molecule has 2 amide bonds. The van der Waals surface area contributed by atoms with Gasteiger partial charge < -0.3 is 0 Å². The van der Waals surface area contributed by atoms with Gasteiger partial charge in [0, 0.05) is 23.6 Å². The molecule has 0 unspecified atom stereocenters. The van der Waals surface area contributed by atoms with Gasteiger partial charge >= 0.3 is 0 Å². The summed E-state index contributed by atoms with van der Waals surface area (Å²) in [5, 5.41) is 1.72. The van der Waals surface area contributed by atoms with Crippen molar-refractivity contribution in [3.05, 3.63) is 53.1 Å². The van der Waals surface area contributed by atoms with E-state index in [1.54, 1.807) is 12.1 Å². The molecule has 0 saturated carbocycles. The van der Waals surface area contributed by atoms with Gasteiger partial charge in [-0.1, -0.05) is 30.4 Å². The van der Waals surface area contributed by atoms with Gasteiger partial charge in [0.25, 0.3) is 11.8 Å². The lowest BCUT2D eigenvalue weighted by atomic mass is 9.91. The van der Waals surface area contributed by atoms with Gasteiger partial charge in [0.05, 0.1) is 0 Å². The number of carbonyl (C=O) groups is 2. The Balaban J connectivity index is 2.47. The summed E-state index contributed by atoms with van der Waals surface area (Å²) >= 11 is 0. The van der Waals surface area contributed by atoms with Gasteiger partial charge in [-0.2, -0.15) is 0 Å². The van der Waals surface area contributed by atoms with Crippen LogP contribution >= 0.6 is 0 Å². The Labute approximate surface area is 111 Å². The minimum absolute atomic E-state index is 0.235. The first-order valence-electron chi connectivity index (χ1n) is 6.16. The van der Waals surface area contributed by atoms with Crippen molar-refractivity contribution >= 4 is 28.7 Å². The molecule has 0 aliphatic carbocycles. The van der Waals surface area contributed by atoms with E-state index in [1.807, 2.05) is 37.3 Å². The second kappa shape index (κ2) is 4.05. The van der Waals surface area contributed by atoms with Crippen LogP contribution in [0.2, 0.25) is 0 Å². The molecular formula is C16H13NO2. The molecule has 0 spiro atoms. The van der Waals surface area contributed by atoms with Crippen LogP contribution in [0.25, 0.3) is 16.8 Å². The van der Waals surface area contributed by atoms with E-state index < -0.39 is 0 Å². The largest absolute Gasteiger partial charge is 0.277 e. The van der Waals surface area contributed by atoms with Crippen molar-refractivity contribution in [3.8, 4) is 0 Å². The molecule has 1 aliphatic heterocycles. The molecule has 1 aliphatic rings. The molecule has 2 aromatic carbocycles. The van der Waals surface area contributed by atoms with Crippen LogP contribution < -0.4 is 0 Å². The Bertz CT molecular complexity index is 721. The predicted octanol–water partition coefficient (Wildman–Crippen LogP) is 3.10. The number of nitrogens with zero attached hydrogens (tertiary/aromatic N) is 1. The summed E-state index contributed by atoms with van der Waals surface area (Å²) in [5.41, 5.74) is 2.22. The summed E-state index contributed by atoms with van der Waals surface area (Å²) in [7, 11) is 1.52. The Hall–Kier alpha value is -2.42. The molecule has 0 bridgehead atoms. The van der Waals surface area contributed by atoms with E-state index in [4.69, 9.17) is 0 Å². The molecule has 0 radical (unpaired) electrons. The second-order valence-corrected chi connectivity index (χ2v) is 4.60. The maximum absolute atomic E-state index is 12.2. The van der Waals surface area contributed by atoms with Crippen LogP contribution in [-0.4, -0.2) is 23.8 Å². The molecule has 0 atom stereocenters. The highest BCUT2D eigenvalue weighted by Gasteiger charge is 2.30. The fraction of sp³-hybridized carbons (Fsp3) is 0.125. The fourth-order valence-electron chi connectivity index (χ4n) is 2.56. The monoisotopic (exact) mass is 251 g/mol. The molecule has 0 N–H and O–H groups in total. The summed E-state index contributed by atoms with van der Waals surface area (Å²) in [6, 6.07) is 9.30. The minimum atomic E-state index is -0.235. The van der Waals surface area contributed by atoms with Gasteiger partial charge in [0.1, 0.15) is 0 Å². The molecule has 2 aromatic rings. The number of carbonyl (C=O) groups excluding carboxylic acids is 2. The van der Waals surface area contributed by atoms with Gasteiger partial charge in [-0.3, -0.25) is 14.5 Å². The average Bonchev–Trinajstić information content (AvgIpc) is 2.44. The summed E-state index contributed by atoms with van der Waals surface area (Å²) in [6.07, 6.45) is 3.93. The number of amides is 2. The van der Waals surface area contributed by atoms with Crippen molar-refractivity contribution in [2.75, 3.05) is 7.05 Å². The van der Waals surface area contributed by atoms with Crippen LogP contribution in [0.4, 0.5) is 0 Å². The van der Waals surface area contributed by atoms with Gasteiger partial charge in [0.15, 0.2) is 0 Å². The highest BCUT2D eigenvalue weighted by Crippen LogP contribution is 2.32. The SMILES string of the molecule is C/C=C/c1ccc2c3c(cccc13)C(=O)N(C)C2=O.